The fourth-order valence-corrected chi connectivity index (χ4v) is 2.17. The lowest BCUT2D eigenvalue weighted by Gasteiger charge is -2.39. The molecule has 0 N–H and O–H groups in total. The van der Waals surface area contributed by atoms with Crippen LogP contribution in [0.15, 0.2) is 25.3 Å². The van der Waals surface area contributed by atoms with Crippen molar-refractivity contribution < 1.29 is 4.74 Å². The van der Waals surface area contributed by atoms with Crippen molar-refractivity contribution in [3.05, 3.63) is 25.3 Å². The summed E-state index contributed by atoms with van der Waals surface area (Å²) in [4.78, 5) is 0. The highest BCUT2D eigenvalue weighted by atomic mass is 16.5. The third kappa shape index (κ3) is 2.70. The molecule has 1 aliphatic rings. The largest absolute Gasteiger partial charge is 0.374 e. The van der Waals surface area contributed by atoms with Gasteiger partial charge in [-0.3, -0.25) is 0 Å². The summed E-state index contributed by atoms with van der Waals surface area (Å²) in [5, 5.41) is 0. The molecular weight excluding hydrogens is 160 g/mol. The van der Waals surface area contributed by atoms with Gasteiger partial charge in [0.15, 0.2) is 0 Å². The first-order valence-corrected chi connectivity index (χ1v) is 5.08. The van der Waals surface area contributed by atoms with Gasteiger partial charge in [0.05, 0.1) is 5.60 Å². The highest BCUT2D eigenvalue weighted by Crippen LogP contribution is 2.35. The van der Waals surface area contributed by atoms with Gasteiger partial charge in [-0.2, -0.15) is 0 Å². The average molecular weight is 180 g/mol. The fourth-order valence-electron chi connectivity index (χ4n) is 2.17. The lowest BCUT2D eigenvalue weighted by molar-refractivity contribution is -0.0904. The maximum atomic E-state index is 5.87. The molecule has 0 aromatic carbocycles. The summed E-state index contributed by atoms with van der Waals surface area (Å²) in [6.07, 6.45) is 8.15. The van der Waals surface area contributed by atoms with E-state index in [0.29, 0.717) is 0 Å². The third-order valence-corrected chi connectivity index (χ3v) is 2.77. The van der Waals surface area contributed by atoms with Crippen molar-refractivity contribution in [2.24, 2.45) is 5.92 Å². The average Bonchev–Trinajstić information content (AvgIpc) is 2.04. The van der Waals surface area contributed by atoms with E-state index in [4.69, 9.17) is 4.74 Å². The van der Waals surface area contributed by atoms with Crippen LogP contribution in [0.25, 0.3) is 0 Å². The SMILES string of the molecule is C=CCC1(CC=C)CC(C)CCO1. The Balaban J connectivity index is 2.63. The second-order valence-corrected chi connectivity index (χ2v) is 4.12. The lowest BCUT2D eigenvalue weighted by atomic mass is 9.82. The molecule has 1 heterocycles. The minimum atomic E-state index is 0.0150. The van der Waals surface area contributed by atoms with Gasteiger partial charge in [-0.05, 0) is 31.6 Å². The van der Waals surface area contributed by atoms with E-state index in [9.17, 15) is 0 Å². The molecule has 0 saturated carbocycles. The summed E-state index contributed by atoms with van der Waals surface area (Å²) in [7, 11) is 0. The van der Waals surface area contributed by atoms with Crippen LogP contribution in [0.5, 0.6) is 0 Å². The van der Waals surface area contributed by atoms with Crippen LogP contribution in [0.3, 0.4) is 0 Å². The second kappa shape index (κ2) is 4.61. The first-order valence-electron chi connectivity index (χ1n) is 5.08. The van der Waals surface area contributed by atoms with Crippen molar-refractivity contribution in [3.63, 3.8) is 0 Å². The number of hydrogen-bond acceptors (Lipinski definition) is 1. The number of ether oxygens (including phenoxy) is 1. The van der Waals surface area contributed by atoms with E-state index in [1.807, 2.05) is 12.2 Å². The van der Waals surface area contributed by atoms with E-state index in [-0.39, 0.29) is 5.60 Å². The molecule has 0 radical (unpaired) electrons. The van der Waals surface area contributed by atoms with E-state index in [0.717, 1.165) is 31.8 Å². The predicted octanol–water partition coefficient (Wildman–Crippen LogP) is 3.32. The Bertz CT molecular complexity index is 174. The van der Waals surface area contributed by atoms with E-state index in [1.54, 1.807) is 0 Å². The Labute approximate surface area is 81.5 Å². The molecule has 1 unspecified atom stereocenters. The zero-order valence-electron chi connectivity index (χ0n) is 8.59. The molecule has 0 amide bonds. The molecule has 1 atom stereocenters. The van der Waals surface area contributed by atoms with Gasteiger partial charge in [-0.1, -0.05) is 19.1 Å². The van der Waals surface area contributed by atoms with Crippen LogP contribution in [0, 0.1) is 5.92 Å². The van der Waals surface area contributed by atoms with E-state index in [1.165, 1.54) is 6.42 Å². The Hall–Kier alpha value is -0.560. The van der Waals surface area contributed by atoms with Crippen LogP contribution in [0.2, 0.25) is 0 Å². The van der Waals surface area contributed by atoms with Gasteiger partial charge in [0, 0.05) is 6.61 Å². The van der Waals surface area contributed by atoms with Gasteiger partial charge >= 0.3 is 0 Å². The summed E-state index contributed by atoms with van der Waals surface area (Å²) in [5.41, 5.74) is 0.0150. The molecule has 0 bridgehead atoms. The molecule has 0 aromatic rings. The van der Waals surface area contributed by atoms with Gasteiger partial charge in [-0.15, -0.1) is 13.2 Å². The van der Waals surface area contributed by atoms with Crippen LogP contribution in [-0.4, -0.2) is 12.2 Å². The van der Waals surface area contributed by atoms with Crippen LogP contribution >= 0.6 is 0 Å². The molecule has 74 valence electrons. The van der Waals surface area contributed by atoms with E-state index in [2.05, 4.69) is 20.1 Å². The molecule has 1 rings (SSSR count). The monoisotopic (exact) mass is 180 g/mol. The molecular formula is C12H20O. The van der Waals surface area contributed by atoms with E-state index < -0.39 is 0 Å². The zero-order chi connectivity index (χ0) is 9.73. The van der Waals surface area contributed by atoms with Crippen molar-refractivity contribution in [3.8, 4) is 0 Å². The minimum Gasteiger partial charge on any atom is -0.374 e. The number of rotatable bonds is 4. The molecule has 0 spiro atoms. The molecule has 1 saturated heterocycles. The Morgan fingerprint density at radius 2 is 2.00 bits per heavy atom. The van der Waals surface area contributed by atoms with Crippen LogP contribution in [0.4, 0.5) is 0 Å². The second-order valence-electron chi connectivity index (χ2n) is 4.12. The summed E-state index contributed by atoms with van der Waals surface area (Å²) in [6, 6.07) is 0. The zero-order valence-corrected chi connectivity index (χ0v) is 8.59. The molecule has 1 heteroatoms. The minimum absolute atomic E-state index is 0.0150. The lowest BCUT2D eigenvalue weighted by Crippen LogP contribution is -2.38. The van der Waals surface area contributed by atoms with Crippen molar-refractivity contribution in [2.75, 3.05) is 6.61 Å². The predicted molar refractivity (Wildman–Crippen MR) is 56.7 cm³/mol. The molecule has 1 aliphatic heterocycles. The fraction of sp³-hybridized carbons (Fsp3) is 0.667. The molecule has 0 aromatic heterocycles. The quantitative estimate of drug-likeness (QED) is 0.603. The van der Waals surface area contributed by atoms with Gasteiger partial charge in [0.2, 0.25) is 0 Å². The van der Waals surface area contributed by atoms with Crippen LogP contribution < -0.4 is 0 Å². The van der Waals surface area contributed by atoms with Gasteiger partial charge in [-0.25, -0.2) is 0 Å². The van der Waals surface area contributed by atoms with Crippen molar-refractivity contribution in [1.82, 2.24) is 0 Å². The highest BCUT2D eigenvalue weighted by Gasteiger charge is 2.33. The standard InChI is InChI=1S/C12H20O/c1-4-7-12(8-5-2)10-11(3)6-9-13-12/h4-5,11H,1-2,6-10H2,3H3. The smallest absolute Gasteiger partial charge is 0.0753 e. The van der Waals surface area contributed by atoms with Crippen molar-refractivity contribution in [1.29, 1.82) is 0 Å². The summed E-state index contributed by atoms with van der Waals surface area (Å²) >= 11 is 0. The number of hydrogen-bond donors (Lipinski definition) is 0. The topological polar surface area (TPSA) is 9.23 Å². The summed E-state index contributed by atoms with van der Waals surface area (Å²) in [5.74, 6) is 0.772. The highest BCUT2D eigenvalue weighted by molar-refractivity contribution is 4.96. The Kier molecular flexibility index (Phi) is 3.73. The van der Waals surface area contributed by atoms with Crippen molar-refractivity contribution in [2.45, 2.75) is 38.2 Å². The first-order chi connectivity index (χ1) is 6.22. The molecule has 1 nitrogen and oxygen atoms in total. The molecule has 1 fully saturated rings. The van der Waals surface area contributed by atoms with Crippen molar-refractivity contribution >= 4 is 0 Å². The van der Waals surface area contributed by atoms with E-state index >= 15 is 0 Å². The van der Waals surface area contributed by atoms with Gasteiger partial charge in [0.1, 0.15) is 0 Å². The van der Waals surface area contributed by atoms with Gasteiger partial charge < -0.3 is 4.74 Å². The Morgan fingerprint density at radius 1 is 1.38 bits per heavy atom. The normalized spacial score (nSPS) is 26.7. The first kappa shape index (κ1) is 10.5. The van der Waals surface area contributed by atoms with Crippen LogP contribution in [-0.2, 0) is 4.74 Å². The van der Waals surface area contributed by atoms with Crippen LogP contribution in [0.1, 0.15) is 32.6 Å². The Morgan fingerprint density at radius 3 is 2.46 bits per heavy atom. The summed E-state index contributed by atoms with van der Waals surface area (Å²) in [6.45, 7) is 10.8. The summed E-state index contributed by atoms with van der Waals surface area (Å²) < 4.78 is 5.87. The maximum Gasteiger partial charge on any atom is 0.0753 e. The molecule has 13 heavy (non-hydrogen) atoms. The maximum absolute atomic E-state index is 5.87. The third-order valence-electron chi connectivity index (χ3n) is 2.77. The molecule has 0 aliphatic carbocycles. The van der Waals surface area contributed by atoms with Gasteiger partial charge in [0.25, 0.3) is 0 Å².